The lowest BCUT2D eigenvalue weighted by molar-refractivity contribution is -0.154. The molecule has 0 aliphatic carbocycles. The maximum absolute atomic E-state index is 11.7. The molecule has 0 spiro atoms. The lowest BCUT2D eigenvalue weighted by atomic mass is 10.1. The molecule has 0 aliphatic heterocycles. The van der Waals surface area contributed by atoms with E-state index in [1.54, 1.807) is 11.8 Å². The maximum atomic E-state index is 11.7. The summed E-state index contributed by atoms with van der Waals surface area (Å²) in [7, 11) is 1.14. The second-order valence-corrected chi connectivity index (χ2v) is 6.13. The van der Waals surface area contributed by atoms with Crippen LogP contribution in [0, 0.1) is 13.8 Å². The molecular weight excluding hydrogens is 318 g/mol. The fraction of sp³-hybridized carbons (Fsp3) is 0.438. The van der Waals surface area contributed by atoms with Crippen molar-refractivity contribution < 1.29 is 23.9 Å². The Morgan fingerprint density at radius 2 is 1.91 bits per heavy atom. The number of alkyl carbamates (subject to hydrolysis) is 1. The summed E-state index contributed by atoms with van der Waals surface area (Å²) in [6, 6.07) is 6.11. The first-order chi connectivity index (χ1) is 10.8. The third-order valence-electron chi connectivity index (χ3n) is 3.14. The Balaban J connectivity index is 2.34. The van der Waals surface area contributed by atoms with E-state index in [2.05, 4.69) is 10.8 Å². The molecule has 0 aliphatic rings. The Morgan fingerprint density at radius 3 is 2.52 bits per heavy atom. The molecule has 0 radical (unpaired) electrons. The van der Waals surface area contributed by atoms with Crippen LogP contribution in [0.4, 0.5) is 4.79 Å². The van der Waals surface area contributed by atoms with Gasteiger partial charge in [-0.1, -0.05) is 6.07 Å². The Hall–Kier alpha value is -2.02. The van der Waals surface area contributed by atoms with E-state index >= 15 is 0 Å². The minimum atomic E-state index is -1.05. The minimum Gasteiger partial charge on any atom is -0.453 e. The van der Waals surface area contributed by atoms with Gasteiger partial charge in [0, 0.05) is 10.6 Å². The Labute approximate surface area is 139 Å². The van der Waals surface area contributed by atoms with Crippen molar-refractivity contribution in [1.82, 2.24) is 5.32 Å². The number of carbonyl (C=O) groups is 3. The highest BCUT2D eigenvalue weighted by atomic mass is 32.2. The molecule has 0 unspecified atom stereocenters. The van der Waals surface area contributed by atoms with Crippen LogP contribution < -0.4 is 5.32 Å². The number of imide groups is 1. The van der Waals surface area contributed by atoms with Crippen LogP contribution >= 0.6 is 11.8 Å². The summed E-state index contributed by atoms with van der Waals surface area (Å²) in [5.74, 6) is -0.659. The van der Waals surface area contributed by atoms with Crippen molar-refractivity contribution in [1.29, 1.82) is 0 Å². The van der Waals surface area contributed by atoms with E-state index in [-0.39, 0.29) is 6.42 Å². The third-order valence-corrected chi connectivity index (χ3v) is 4.14. The second kappa shape index (κ2) is 9.19. The van der Waals surface area contributed by atoms with Crippen molar-refractivity contribution >= 4 is 29.7 Å². The molecule has 1 aromatic rings. The average molecular weight is 339 g/mol. The SMILES string of the molecule is COC(=O)NC(=O)[C@@H](C)OC(=O)CCSc1ccc(C)c(C)c1. The van der Waals surface area contributed by atoms with Crippen LogP contribution in [-0.2, 0) is 19.1 Å². The van der Waals surface area contributed by atoms with E-state index in [0.29, 0.717) is 5.75 Å². The van der Waals surface area contributed by atoms with E-state index in [1.807, 2.05) is 31.3 Å². The molecule has 0 saturated carbocycles. The highest BCUT2D eigenvalue weighted by Gasteiger charge is 2.19. The highest BCUT2D eigenvalue weighted by molar-refractivity contribution is 7.99. The standard InChI is InChI=1S/C16H21NO5S/c1-10-5-6-13(9-11(10)2)23-8-7-14(18)22-12(3)15(19)17-16(20)21-4/h5-6,9,12H,7-8H2,1-4H3,(H,17,19,20)/t12-/m1/s1. The zero-order chi connectivity index (χ0) is 17.4. The van der Waals surface area contributed by atoms with Gasteiger partial charge in [0.1, 0.15) is 0 Å². The largest absolute Gasteiger partial charge is 0.453 e. The lowest BCUT2D eigenvalue weighted by Crippen LogP contribution is -2.39. The number of benzene rings is 1. The molecule has 0 heterocycles. The predicted molar refractivity (Wildman–Crippen MR) is 87.4 cm³/mol. The molecule has 1 aromatic carbocycles. The molecule has 23 heavy (non-hydrogen) atoms. The van der Waals surface area contributed by atoms with Crippen molar-refractivity contribution in [2.75, 3.05) is 12.9 Å². The van der Waals surface area contributed by atoms with Crippen LogP contribution in [0.2, 0.25) is 0 Å². The first kappa shape index (κ1) is 19.0. The highest BCUT2D eigenvalue weighted by Crippen LogP contribution is 2.21. The number of hydrogen-bond acceptors (Lipinski definition) is 6. The van der Waals surface area contributed by atoms with Crippen LogP contribution in [0.15, 0.2) is 23.1 Å². The molecular formula is C16H21NO5S. The normalized spacial score (nSPS) is 11.5. The van der Waals surface area contributed by atoms with Gasteiger partial charge >= 0.3 is 12.1 Å². The number of aryl methyl sites for hydroxylation is 2. The van der Waals surface area contributed by atoms with Gasteiger partial charge in [0.2, 0.25) is 0 Å². The van der Waals surface area contributed by atoms with Gasteiger partial charge in [0.25, 0.3) is 5.91 Å². The number of rotatable bonds is 6. The molecule has 126 valence electrons. The Morgan fingerprint density at radius 1 is 1.22 bits per heavy atom. The number of esters is 1. The van der Waals surface area contributed by atoms with E-state index in [9.17, 15) is 14.4 Å². The van der Waals surface area contributed by atoms with E-state index in [0.717, 1.165) is 12.0 Å². The van der Waals surface area contributed by atoms with Crippen LogP contribution in [0.25, 0.3) is 0 Å². The molecule has 0 fully saturated rings. The van der Waals surface area contributed by atoms with Gasteiger partial charge in [-0.2, -0.15) is 0 Å². The van der Waals surface area contributed by atoms with E-state index in [1.165, 1.54) is 18.1 Å². The first-order valence-electron chi connectivity index (χ1n) is 7.11. The number of carbonyl (C=O) groups excluding carboxylic acids is 3. The third kappa shape index (κ3) is 6.73. The van der Waals surface area contributed by atoms with E-state index < -0.39 is 24.1 Å². The number of amides is 2. The van der Waals surface area contributed by atoms with Gasteiger partial charge in [-0.25, -0.2) is 4.79 Å². The van der Waals surface area contributed by atoms with Crippen LogP contribution in [0.5, 0.6) is 0 Å². The topological polar surface area (TPSA) is 81.7 Å². The zero-order valence-electron chi connectivity index (χ0n) is 13.7. The van der Waals surface area contributed by atoms with Gasteiger partial charge in [-0.15, -0.1) is 11.8 Å². The molecule has 0 bridgehead atoms. The molecule has 1 N–H and O–H groups in total. The van der Waals surface area contributed by atoms with Gasteiger partial charge < -0.3 is 9.47 Å². The molecule has 1 atom stereocenters. The summed E-state index contributed by atoms with van der Waals surface area (Å²) in [5, 5.41) is 1.95. The lowest BCUT2D eigenvalue weighted by Gasteiger charge is -2.12. The molecule has 0 aromatic heterocycles. The number of hydrogen-bond donors (Lipinski definition) is 1. The summed E-state index contributed by atoms with van der Waals surface area (Å²) < 4.78 is 9.26. The summed E-state index contributed by atoms with van der Waals surface area (Å²) in [5.41, 5.74) is 2.42. The van der Waals surface area contributed by atoms with Gasteiger partial charge in [0.05, 0.1) is 13.5 Å². The number of methoxy groups -OCH3 is 1. The predicted octanol–water partition coefficient (Wildman–Crippen LogP) is 2.60. The fourth-order valence-corrected chi connectivity index (χ4v) is 2.55. The smallest absolute Gasteiger partial charge is 0.413 e. The van der Waals surface area contributed by atoms with E-state index in [4.69, 9.17) is 4.74 Å². The van der Waals surface area contributed by atoms with Gasteiger partial charge in [-0.3, -0.25) is 14.9 Å². The quantitative estimate of drug-likeness (QED) is 0.634. The minimum absolute atomic E-state index is 0.174. The Kier molecular flexibility index (Phi) is 7.61. The number of thioether (sulfide) groups is 1. The van der Waals surface area contributed by atoms with Crippen LogP contribution in [-0.4, -0.2) is 36.9 Å². The average Bonchev–Trinajstić information content (AvgIpc) is 2.50. The molecule has 7 heteroatoms. The molecule has 6 nitrogen and oxygen atoms in total. The summed E-state index contributed by atoms with van der Waals surface area (Å²) >= 11 is 1.55. The maximum Gasteiger partial charge on any atom is 0.413 e. The summed E-state index contributed by atoms with van der Waals surface area (Å²) in [4.78, 5) is 35.2. The van der Waals surface area contributed by atoms with Crippen molar-refractivity contribution in [3.05, 3.63) is 29.3 Å². The first-order valence-corrected chi connectivity index (χ1v) is 8.10. The van der Waals surface area contributed by atoms with Crippen molar-refractivity contribution in [2.45, 2.75) is 38.2 Å². The number of ether oxygens (including phenoxy) is 2. The fourth-order valence-electron chi connectivity index (χ4n) is 1.62. The van der Waals surface area contributed by atoms with Crippen molar-refractivity contribution in [2.24, 2.45) is 0 Å². The molecule has 1 rings (SSSR count). The molecule has 0 saturated heterocycles. The van der Waals surface area contributed by atoms with Crippen LogP contribution in [0.1, 0.15) is 24.5 Å². The van der Waals surface area contributed by atoms with Gasteiger partial charge in [-0.05, 0) is 44.0 Å². The van der Waals surface area contributed by atoms with Crippen LogP contribution in [0.3, 0.4) is 0 Å². The zero-order valence-corrected chi connectivity index (χ0v) is 14.5. The summed E-state index contributed by atoms with van der Waals surface area (Å²) in [6.07, 6.45) is -1.76. The van der Waals surface area contributed by atoms with Gasteiger partial charge in [0.15, 0.2) is 6.10 Å². The van der Waals surface area contributed by atoms with Crippen molar-refractivity contribution in [3.8, 4) is 0 Å². The van der Waals surface area contributed by atoms with Crippen molar-refractivity contribution in [3.63, 3.8) is 0 Å². The number of nitrogens with one attached hydrogen (secondary N) is 1. The monoisotopic (exact) mass is 339 g/mol. The molecule has 2 amide bonds. The summed E-state index contributed by atoms with van der Waals surface area (Å²) in [6.45, 7) is 5.48. The second-order valence-electron chi connectivity index (χ2n) is 4.96. The Bertz CT molecular complexity index is 588.